The first kappa shape index (κ1) is 18.7. The van der Waals surface area contributed by atoms with Crippen molar-refractivity contribution in [1.82, 2.24) is 4.90 Å². The number of rotatable bonds is 6. The Labute approximate surface area is 167 Å². The normalized spacial score (nSPS) is 16.1. The van der Waals surface area contributed by atoms with E-state index in [-0.39, 0.29) is 18.1 Å². The third kappa shape index (κ3) is 4.27. The molecule has 1 atom stereocenters. The number of carbonyl (C=O) groups excluding carboxylic acids is 3. The molecule has 0 unspecified atom stereocenters. The summed E-state index contributed by atoms with van der Waals surface area (Å²) in [7, 11) is 0. The Kier molecular flexibility index (Phi) is 5.24. The molecule has 0 aliphatic carbocycles. The van der Waals surface area contributed by atoms with Crippen molar-refractivity contribution in [1.29, 1.82) is 0 Å². The summed E-state index contributed by atoms with van der Waals surface area (Å²) in [5, 5.41) is 0. The molecule has 1 saturated heterocycles. The molecule has 0 N–H and O–H groups in total. The van der Waals surface area contributed by atoms with Crippen molar-refractivity contribution in [3.63, 3.8) is 0 Å². The lowest BCUT2D eigenvalue weighted by Gasteiger charge is -2.14. The number of amides is 1. The quantitative estimate of drug-likeness (QED) is 0.367. The second kappa shape index (κ2) is 8.14. The number of likely N-dealkylation sites (tertiary alicyclic amines) is 1. The summed E-state index contributed by atoms with van der Waals surface area (Å²) < 4.78 is 10.7. The molecule has 6 heteroatoms. The van der Waals surface area contributed by atoms with Gasteiger partial charge in [0.2, 0.25) is 5.91 Å². The van der Waals surface area contributed by atoms with Crippen LogP contribution in [0.1, 0.15) is 28.1 Å². The lowest BCUT2D eigenvalue weighted by molar-refractivity contribution is -0.139. The topological polar surface area (TPSA) is 76.8 Å². The summed E-state index contributed by atoms with van der Waals surface area (Å²) in [4.78, 5) is 38.6. The highest BCUT2D eigenvalue weighted by Crippen LogP contribution is 2.23. The molecular weight excluding hydrogens is 370 g/mol. The smallest absolute Gasteiger partial charge is 0.316 e. The molecule has 1 amide bonds. The molecule has 1 fully saturated rings. The van der Waals surface area contributed by atoms with E-state index in [4.69, 9.17) is 9.15 Å². The van der Waals surface area contributed by atoms with Crippen molar-refractivity contribution < 1.29 is 23.5 Å². The number of furan rings is 1. The maximum Gasteiger partial charge on any atom is 0.316 e. The largest absolute Gasteiger partial charge is 0.467 e. The van der Waals surface area contributed by atoms with Gasteiger partial charge in [0.15, 0.2) is 5.78 Å². The molecule has 1 aromatic heterocycles. The number of hydrogen-bond acceptors (Lipinski definition) is 5. The van der Waals surface area contributed by atoms with E-state index in [1.807, 2.05) is 6.07 Å². The fourth-order valence-electron chi connectivity index (χ4n) is 3.30. The second-order valence-electron chi connectivity index (χ2n) is 6.90. The number of ether oxygens (including phenoxy) is 1. The van der Waals surface area contributed by atoms with Crippen LogP contribution in [0.4, 0.5) is 0 Å². The summed E-state index contributed by atoms with van der Waals surface area (Å²) in [6.07, 6.45) is 1.66. The Bertz CT molecular complexity index is 1010. The van der Waals surface area contributed by atoms with Gasteiger partial charge in [-0.2, -0.15) is 0 Å². The number of hydrogen-bond donors (Lipinski definition) is 0. The van der Waals surface area contributed by atoms with E-state index in [2.05, 4.69) is 0 Å². The molecule has 2 aromatic carbocycles. The van der Waals surface area contributed by atoms with Crippen LogP contribution in [0.5, 0.6) is 5.75 Å². The molecule has 146 valence electrons. The van der Waals surface area contributed by atoms with Gasteiger partial charge in [0.1, 0.15) is 11.5 Å². The zero-order chi connectivity index (χ0) is 20.2. The predicted molar refractivity (Wildman–Crippen MR) is 104 cm³/mol. The fraction of sp³-hybridized carbons (Fsp3) is 0.174. The van der Waals surface area contributed by atoms with Gasteiger partial charge in [-0.25, -0.2) is 0 Å². The third-order valence-electron chi connectivity index (χ3n) is 4.85. The first-order chi connectivity index (χ1) is 14.1. The lowest BCUT2D eigenvalue weighted by Crippen LogP contribution is -2.27. The molecule has 0 bridgehead atoms. The zero-order valence-electron chi connectivity index (χ0n) is 15.6. The summed E-state index contributed by atoms with van der Waals surface area (Å²) in [5.41, 5.74) is 1.11. The van der Waals surface area contributed by atoms with Gasteiger partial charge in [0.25, 0.3) is 0 Å². The van der Waals surface area contributed by atoms with Crippen molar-refractivity contribution in [2.75, 3.05) is 6.54 Å². The number of ketones is 1. The van der Waals surface area contributed by atoms with E-state index >= 15 is 0 Å². The van der Waals surface area contributed by atoms with Gasteiger partial charge in [-0.3, -0.25) is 14.4 Å². The molecular formula is C23H19NO5. The third-order valence-corrected chi connectivity index (χ3v) is 4.85. The monoisotopic (exact) mass is 389 g/mol. The predicted octanol–water partition coefficient (Wildman–Crippen LogP) is 3.46. The Morgan fingerprint density at radius 3 is 2.38 bits per heavy atom. The molecule has 1 aliphatic heterocycles. The van der Waals surface area contributed by atoms with Crippen LogP contribution in [-0.2, 0) is 16.1 Å². The summed E-state index contributed by atoms with van der Waals surface area (Å²) in [6, 6.07) is 18.9. The van der Waals surface area contributed by atoms with E-state index in [1.165, 1.54) is 0 Å². The highest BCUT2D eigenvalue weighted by atomic mass is 16.5. The van der Waals surface area contributed by atoms with Crippen LogP contribution in [0.15, 0.2) is 77.4 Å². The SMILES string of the molecule is O=C(c1ccccc1)c1ccc(OC(=O)[C@H]2CC(=O)N(Cc3ccco3)C2)cc1. The minimum atomic E-state index is -0.525. The molecule has 1 aliphatic rings. The number of carbonyl (C=O) groups is 3. The molecule has 3 aromatic rings. The molecule has 0 saturated carbocycles. The van der Waals surface area contributed by atoms with Crippen molar-refractivity contribution >= 4 is 17.7 Å². The van der Waals surface area contributed by atoms with E-state index < -0.39 is 11.9 Å². The van der Waals surface area contributed by atoms with Gasteiger partial charge in [-0.15, -0.1) is 0 Å². The van der Waals surface area contributed by atoms with Crippen LogP contribution in [0.3, 0.4) is 0 Å². The van der Waals surface area contributed by atoms with Crippen LogP contribution in [0.25, 0.3) is 0 Å². The van der Waals surface area contributed by atoms with Gasteiger partial charge in [0, 0.05) is 24.1 Å². The van der Waals surface area contributed by atoms with Crippen LogP contribution in [0.2, 0.25) is 0 Å². The van der Waals surface area contributed by atoms with E-state index in [0.29, 0.717) is 35.7 Å². The minimum Gasteiger partial charge on any atom is -0.467 e. The van der Waals surface area contributed by atoms with Crippen LogP contribution < -0.4 is 4.74 Å². The Morgan fingerprint density at radius 1 is 0.966 bits per heavy atom. The Balaban J connectivity index is 1.36. The Morgan fingerprint density at radius 2 is 1.69 bits per heavy atom. The fourth-order valence-corrected chi connectivity index (χ4v) is 3.30. The van der Waals surface area contributed by atoms with Crippen molar-refractivity contribution in [2.24, 2.45) is 5.92 Å². The highest BCUT2D eigenvalue weighted by molar-refractivity contribution is 6.09. The van der Waals surface area contributed by atoms with E-state index in [0.717, 1.165) is 0 Å². The van der Waals surface area contributed by atoms with Crippen molar-refractivity contribution in [3.05, 3.63) is 89.9 Å². The number of benzene rings is 2. The van der Waals surface area contributed by atoms with Crippen LogP contribution >= 0.6 is 0 Å². The maximum atomic E-state index is 12.5. The second-order valence-corrected chi connectivity index (χ2v) is 6.90. The highest BCUT2D eigenvalue weighted by Gasteiger charge is 2.36. The Hall–Kier alpha value is -3.67. The molecule has 6 nitrogen and oxygen atoms in total. The zero-order valence-corrected chi connectivity index (χ0v) is 15.6. The average molecular weight is 389 g/mol. The average Bonchev–Trinajstić information content (AvgIpc) is 3.39. The van der Waals surface area contributed by atoms with E-state index in [1.54, 1.807) is 71.8 Å². The first-order valence-electron chi connectivity index (χ1n) is 9.32. The molecule has 29 heavy (non-hydrogen) atoms. The maximum absolute atomic E-state index is 12.5. The van der Waals surface area contributed by atoms with Crippen LogP contribution in [-0.4, -0.2) is 29.1 Å². The number of nitrogens with zero attached hydrogens (tertiary/aromatic N) is 1. The standard InChI is InChI=1S/C23H19NO5/c25-21-13-18(14-24(21)15-20-7-4-12-28-20)23(27)29-19-10-8-17(9-11-19)22(26)16-5-2-1-3-6-16/h1-12,18H,13-15H2/t18-/m0/s1. The minimum absolute atomic E-state index is 0.0987. The number of esters is 1. The molecule has 0 radical (unpaired) electrons. The van der Waals surface area contributed by atoms with Gasteiger partial charge >= 0.3 is 5.97 Å². The summed E-state index contributed by atoms with van der Waals surface area (Å²) in [5.74, 6) is -0.168. The first-order valence-corrected chi connectivity index (χ1v) is 9.32. The van der Waals surface area contributed by atoms with Gasteiger partial charge in [0.05, 0.1) is 18.7 Å². The van der Waals surface area contributed by atoms with E-state index in [9.17, 15) is 14.4 Å². The lowest BCUT2D eigenvalue weighted by atomic mass is 10.0. The van der Waals surface area contributed by atoms with Crippen molar-refractivity contribution in [3.8, 4) is 5.75 Å². The molecule has 0 spiro atoms. The van der Waals surface area contributed by atoms with Crippen molar-refractivity contribution in [2.45, 2.75) is 13.0 Å². The molecule has 2 heterocycles. The summed E-state index contributed by atoms with van der Waals surface area (Å²) in [6.45, 7) is 0.634. The van der Waals surface area contributed by atoms with Gasteiger partial charge in [-0.1, -0.05) is 30.3 Å². The van der Waals surface area contributed by atoms with Gasteiger partial charge in [-0.05, 0) is 36.4 Å². The summed E-state index contributed by atoms with van der Waals surface area (Å²) >= 11 is 0. The molecule has 4 rings (SSSR count). The van der Waals surface area contributed by atoms with Gasteiger partial charge < -0.3 is 14.1 Å². The van der Waals surface area contributed by atoms with Crippen LogP contribution in [0, 0.1) is 5.92 Å².